The van der Waals surface area contributed by atoms with E-state index in [1.807, 2.05) is 31.2 Å². The first-order valence-electron chi connectivity index (χ1n) is 10.0. The molecule has 4 rings (SSSR count). The summed E-state index contributed by atoms with van der Waals surface area (Å²) >= 11 is 3.37. The van der Waals surface area contributed by atoms with Crippen LogP contribution in [-0.2, 0) is 18.3 Å². The van der Waals surface area contributed by atoms with Crippen LogP contribution in [0.3, 0.4) is 0 Å². The molecule has 0 saturated carbocycles. The standard InChI is InChI=1S/C23H22BrN5O4/c1-13-17-10-18(24)21(30)29(11-14-5-7-16(32-3)8-6-14)20(17)27-23(25-13)26-15-9-19(22(31)33-4)28(2)12-15/h5-10,12H,11H2,1-4H3,(H,25,26,27). The maximum Gasteiger partial charge on any atom is 0.354 e. The first-order chi connectivity index (χ1) is 15.8. The van der Waals surface area contributed by atoms with Crippen LogP contribution in [0.15, 0.2) is 51.9 Å². The molecule has 0 aliphatic rings. The number of carbonyl (C=O) groups is 1. The van der Waals surface area contributed by atoms with Crippen LogP contribution in [0, 0.1) is 6.92 Å². The molecule has 0 unspecified atom stereocenters. The smallest absolute Gasteiger partial charge is 0.354 e. The predicted octanol–water partition coefficient (Wildman–Crippen LogP) is 3.79. The summed E-state index contributed by atoms with van der Waals surface area (Å²) in [4.78, 5) is 34.1. The highest BCUT2D eigenvalue weighted by Crippen LogP contribution is 2.23. The Morgan fingerprint density at radius 3 is 2.55 bits per heavy atom. The van der Waals surface area contributed by atoms with Gasteiger partial charge in [-0.25, -0.2) is 9.78 Å². The number of nitrogens with zero attached hydrogens (tertiary/aromatic N) is 4. The van der Waals surface area contributed by atoms with Crippen molar-refractivity contribution < 1.29 is 14.3 Å². The molecule has 0 aliphatic carbocycles. The van der Waals surface area contributed by atoms with E-state index in [1.165, 1.54) is 7.11 Å². The summed E-state index contributed by atoms with van der Waals surface area (Å²) in [5.41, 5.74) is 2.94. The lowest BCUT2D eigenvalue weighted by molar-refractivity contribution is 0.0590. The zero-order valence-corrected chi connectivity index (χ0v) is 20.1. The quantitative estimate of drug-likeness (QED) is 0.393. The number of carbonyl (C=O) groups excluding carboxylic acids is 1. The number of aryl methyl sites for hydroxylation is 2. The molecule has 9 nitrogen and oxygen atoms in total. The molecule has 0 amide bonds. The van der Waals surface area contributed by atoms with Gasteiger partial charge < -0.3 is 19.4 Å². The molecule has 1 N–H and O–H groups in total. The van der Waals surface area contributed by atoms with Gasteiger partial charge >= 0.3 is 5.97 Å². The number of anilines is 2. The Labute approximate surface area is 198 Å². The number of hydrogen-bond acceptors (Lipinski definition) is 7. The summed E-state index contributed by atoms with van der Waals surface area (Å²) in [6.07, 6.45) is 1.74. The minimum atomic E-state index is -0.445. The minimum Gasteiger partial charge on any atom is -0.497 e. The van der Waals surface area contributed by atoms with E-state index in [4.69, 9.17) is 9.47 Å². The molecule has 3 aromatic heterocycles. The van der Waals surface area contributed by atoms with E-state index in [0.717, 1.165) is 16.7 Å². The number of nitrogens with one attached hydrogen (secondary N) is 1. The molecule has 0 spiro atoms. The Bertz CT molecular complexity index is 1410. The van der Waals surface area contributed by atoms with Crippen molar-refractivity contribution in [2.75, 3.05) is 19.5 Å². The number of ether oxygens (including phenoxy) is 2. The highest BCUT2D eigenvalue weighted by Gasteiger charge is 2.16. The minimum absolute atomic E-state index is 0.199. The van der Waals surface area contributed by atoms with E-state index in [0.29, 0.717) is 39.7 Å². The molecule has 0 fully saturated rings. The van der Waals surface area contributed by atoms with Crippen LogP contribution in [0.4, 0.5) is 11.6 Å². The largest absolute Gasteiger partial charge is 0.497 e. The number of fused-ring (bicyclic) bond motifs is 1. The van der Waals surface area contributed by atoms with Crippen molar-refractivity contribution in [1.29, 1.82) is 0 Å². The third kappa shape index (κ3) is 4.47. The van der Waals surface area contributed by atoms with Crippen molar-refractivity contribution in [3.05, 3.63) is 74.4 Å². The topological polar surface area (TPSA) is 100 Å². The molecule has 0 aliphatic heterocycles. The van der Waals surface area contributed by atoms with E-state index in [-0.39, 0.29) is 5.56 Å². The number of hydrogen-bond donors (Lipinski definition) is 1. The SMILES string of the molecule is COC(=O)c1cc(Nc2nc(C)c3cc(Br)c(=O)n(Cc4ccc(OC)cc4)c3n2)cn1C. The van der Waals surface area contributed by atoms with Crippen LogP contribution in [0.5, 0.6) is 5.75 Å². The predicted molar refractivity (Wildman–Crippen MR) is 128 cm³/mol. The summed E-state index contributed by atoms with van der Waals surface area (Å²) in [5.74, 6) is 0.607. The Kier molecular flexibility index (Phi) is 6.19. The van der Waals surface area contributed by atoms with Crippen LogP contribution < -0.4 is 15.6 Å². The van der Waals surface area contributed by atoms with E-state index in [9.17, 15) is 9.59 Å². The summed E-state index contributed by atoms with van der Waals surface area (Å²) in [7, 11) is 4.68. The van der Waals surface area contributed by atoms with Crippen LogP contribution >= 0.6 is 15.9 Å². The van der Waals surface area contributed by atoms with E-state index < -0.39 is 5.97 Å². The molecule has 0 radical (unpaired) electrons. The second-order valence-electron chi connectivity index (χ2n) is 7.44. The molecular weight excluding hydrogens is 490 g/mol. The lowest BCUT2D eigenvalue weighted by Crippen LogP contribution is -2.23. The van der Waals surface area contributed by atoms with Gasteiger partial charge in [-0.15, -0.1) is 0 Å². The third-order valence-electron chi connectivity index (χ3n) is 5.25. The molecule has 0 atom stereocenters. The molecule has 3 heterocycles. The number of rotatable bonds is 6. The fourth-order valence-corrected chi connectivity index (χ4v) is 3.98. The summed E-state index contributed by atoms with van der Waals surface area (Å²) in [6.45, 7) is 2.18. The van der Waals surface area contributed by atoms with E-state index in [1.54, 1.807) is 41.6 Å². The van der Waals surface area contributed by atoms with E-state index >= 15 is 0 Å². The second kappa shape index (κ2) is 9.07. The van der Waals surface area contributed by atoms with E-state index in [2.05, 4.69) is 31.2 Å². The fraction of sp³-hybridized carbons (Fsp3) is 0.217. The fourth-order valence-electron chi connectivity index (χ4n) is 3.54. The molecule has 4 aromatic rings. The Morgan fingerprint density at radius 2 is 1.88 bits per heavy atom. The Hall–Kier alpha value is -3.66. The molecule has 1 aromatic carbocycles. The second-order valence-corrected chi connectivity index (χ2v) is 8.30. The van der Waals surface area contributed by atoms with Gasteiger partial charge in [0.25, 0.3) is 5.56 Å². The third-order valence-corrected chi connectivity index (χ3v) is 5.82. The van der Waals surface area contributed by atoms with Crippen LogP contribution in [-0.4, -0.2) is 39.3 Å². The van der Waals surface area contributed by atoms with Crippen molar-refractivity contribution in [2.45, 2.75) is 13.5 Å². The van der Waals surface area contributed by atoms with Crippen molar-refractivity contribution in [3.63, 3.8) is 0 Å². The number of benzene rings is 1. The Morgan fingerprint density at radius 1 is 1.15 bits per heavy atom. The van der Waals surface area contributed by atoms with Crippen molar-refractivity contribution in [3.8, 4) is 5.75 Å². The van der Waals surface area contributed by atoms with Gasteiger partial charge in [0, 0.05) is 18.6 Å². The molecule has 170 valence electrons. The highest BCUT2D eigenvalue weighted by molar-refractivity contribution is 9.10. The number of methoxy groups -OCH3 is 2. The molecule has 10 heteroatoms. The molecule has 33 heavy (non-hydrogen) atoms. The van der Waals surface area contributed by atoms with Crippen LogP contribution in [0.2, 0.25) is 0 Å². The van der Waals surface area contributed by atoms with Gasteiger partial charge in [0.2, 0.25) is 5.95 Å². The first kappa shape index (κ1) is 22.5. The molecule has 0 bridgehead atoms. The molecular formula is C23H22BrN5O4. The average molecular weight is 512 g/mol. The van der Waals surface area contributed by atoms with Crippen LogP contribution in [0.25, 0.3) is 11.0 Å². The lowest BCUT2D eigenvalue weighted by atomic mass is 10.2. The normalized spacial score (nSPS) is 10.9. The average Bonchev–Trinajstić information content (AvgIpc) is 3.17. The van der Waals surface area contributed by atoms with Crippen molar-refractivity contribution >= 4 is 44.6 Å². The lowest BCUT2D eigenvalue weighted by Gasteiger charge is -2.14. The monoisotopic (exact) mass is 511 g/mol. The summed E-state index contributed by atoms with van der Waals surface area (Å²) < 4.78 is 13.7. The Balaban J connectivity index is 1.77. The highest BCUT2D eigenvalue weighted by atomic mass is 79.9. The van der Waals surface area contributed by atoms with Gasteiger partial charge in [0.1, 0.15) is 17.1 Å². The summed E-state index contributed by atoms with van der Waals surface area (Å²) in [5, 5.41) is 3.88. The zero-order valence-electron chi connectivity index (χ0n) is 18.5. The van der Waals surface area contributed by atoms with Gasteiger partial charge in [-0.3, -0.25) is 9.36 Å². The number of halogens is 1. The van der Waals surface area contributed by atoms with Crippen LogP contribution in [0.1, 0.15) is 21.7 Å². The number of aromatic nitrogens is 4. The van der Waals surface area contributed by atoms with Crippen molar-refractivity contribution in [2.24, 2.45) is 7.05 Å². The zero-order chi connectivity index (χ0) is 23.7. The van der Waals surface area contributed by atoms with Gasteiger partial charge in [-0.1, -0.05) is 12.1 Å². The maximum atomic E-state index is 13.0. The maximum absolute atomic E-state index is 13.0. The summed E-state index contributed by atoms with van der Waals surface area (Å²) in [6, 6.07) is 10.9. The molecule has 0 saturated heterocycles. The van der Waals surface area contributed by atoms with Gasteiger partial charge in [-0.05, 0) is 52.7 Å². The first-order valence-corrected chi connectivity index (χ1v) is 10.8. The van der Waals surface area contributed by atoms with Crippen molar-refractivity contribution in [1.82, 2.24) is 19.1 Å². The number of pyridine rings is 1. The van der Waals surface area contributed by atoms with Gasteiger partial charge in [-0.2, -0.15) is 4.98 Å². The number of esters is 1. The van der Waals surface area contributed by atoms with Gasteiger partial charge in [0.15, 0.2) is 0 Å². The van der Waals surface area contributed by atoms with Gasteiger partial charge in [0.05, 0.1) is 36.6 Å².